The molecule has 0 fully saturated rings. The molecule has 8 aromatic rings. The average Bonchev–Trinajstić information content (AvgIpc) is 3.66. The van der Waals surface area contributed by atoms with E-state index in [-0.39, 0.29) is 23.7 Å². The molecule has 0 unspecified atom stereocenters. The zero-order valence-electron chi connectivity index (χ0n) is 40.1. The predicted octanol–water partition coefficient (Wildman–Crippen LogP) is 17.2. The van der Waals surface area contributed by atoms with Crippen LogP contribution >= 0.6 is 0 Å². The molecule has 2 aliphatic heterocycles. The molecule has 7 nitrogen and oxygen atoms in total. The van der Waals surface area contributed by atoms with Crippen LogP contribution in [0.4, 0.5) is 39.8 Å². The van der Waals surface area contributed by atoms with E-state index in [4.69, 9.17) is 16.0 Å². The number of phenolic OH excluding ortho intramolecular Hbond substituents is 2. The number of para-hydroxylation sites is 4. The smallest absolute Gasteiger partial charge is 0.190 e. The summed E-state index contributed by atoms with van der Waals surface area (Å²) in [7, 11) is 0. The van der Waals surface area contributed by atoms with Gasteiger partial charge in [-0.3, -0.25) is 0 Å². The van der Waals surface area contributed by atoms with Gasteiger partial charge in [-0.05, 0) is 134 Å². The highest BCUT2D eigenvalue weighted by atomic mass is 16.5. The molecule has 0 amide bonds. The number of rotatable bonds is 12. The van der Waals surface area contributed by atoms with E-state index in [9.17, 15) is 10.2 Å². The molecule has 346 valence electrons. The molecule has 0 spiro atoms. The van der Waals surface area contributed by atoms with Crippen LogP contribution in [0.25, 0.3) is 51.4 Å². The SMILES string of the molecule is [C-]#[N+]c1cc(-c2cc(C)ccc2O[C@H](CC)C[C@H](CC)Oc2ccc(C)cc2-c2cc(C)cc(N3c4ccccc4C=Cc4ccccc43)c2O)c(O)c(N2c3ccccc3C=Cc3ccccc32)c1. The third kappa shape index (κ3) is 8.65. The van der Waals surface area contributed by atoms with E-state index in [0.717, 1.165) is 67.3 Å². The van der Waals surface area contributed by atoms with Crippen molar-refractivity contribution in [2.75, 3.05) is 9.80 Å². The van der Waals surface area contributed by atoms with Crippen molar-refractivity contribution in [3.8, 4) is 45.3 Å². The lowest BCUT2D eigenvalue weighted by atomic mass is 9.97. The highest BCUT2D eigenvalue weighted by Gasteiger charge is 2.29. The molecule has 8 aromatic carbocycles. The van der Waals surface area contributed by atoms with Crippen molar-refractivity contribution in [1.29, 1.82) is 0 Å². The van der Waals surface area contributed by atoms with Crippen LogP contribution in [0.1, 0.15) is 72.1 Å². The monoisotopic (exact) mass is 917 g/mol. The molecule has 2 aliphatic rings. The number of anilines is 6. The summed E-state index contributed by atoms with van der Waals surface area (Å²) in [6.45, 7) is 18.6. The average molecular weight is 918 g/mol. The number of hydrogen-bond donors (Lipinski definition) is 2. The van der Waals surface area contributed by atoms with Crippen LogP contribution < -0.4 is 19.3 Å². The van der Waals surface area contributed by atoms with Gasteiger partial charge in [0.25, 0.3) is 0 Å². The zero-order valence-corrected chi connectivity index (χ0v) is 40.1. The topological polar surface area (TPSA) is 69.8 Å². The van der Waals surface area contributed by atoms with Crippen molar-refractivity contribution >= 4 is 64.1 Å². The highest BCUT2D eigenvalue weighted by Crippen LogP contribution is 2.52. The number of nitrogens with zero attached hydrogens (tertiary/aromatic N) is 3. The maximum atomic E-state index is 12.5. The third-order valence-electron chi connectivity index (χ3n) is 13.4. The van der Waals surface area contributed by atoms with Crippen LogP contribution in [0, 0.1) is 27.3 Å². The largest absolute Gasteiger partial charge is 0.505 e. The number of phenols is 2. The van der Waals surface area contributed by atoms with Crippen molar-refractivity contribution in [1.82, 2.24) is 0 Å². The summed E-state index contributed by atoms with van der Waals surface area (Å²) < 4.78 is 14.0. The van der Waals surface area contributed by atoms with Crippen LogP contribution in [-0.4, -0.2) is 22.4 Å². The van der Waals surface area contributed by atoms with Crippen molar-refractivity contribution < 1.29 is 19.7 Å². The Morgan fingerprint density at radius 3 is 1.21 bits per heavy atom. The van der Waals surface area contributed by atoms with Gasteiger partial charge in [-0.2, -0.15) is 0 Å². The molecule has 0 aliphatic carbocycles. The minimum atomic E-state index is -0.267. The molecule has 0 saturated carbocycles. The number of benzene rings is 8. The Labute approximate surface area is 411 Å². The van der Waals surface area contributed by atoms with Crippen molar-refractivity contribution in [3.63, 3.8) is 0 Å². The fourth-order valence-electron chi connectivity index (χ4n) is 9.81. The lowest BCUT2D eigenvalue weighted by Gasteiger charge is -2.30. The quantitative estimate of drug-likeness (QED) is 0.119. The van der Waals surface area contributed by atoms with Gasteiger partial charge in [0.2, 0.25) is 0 Å². The maximum absolute atomic E-state index is 12.5. The van der Waals surface area contributed by atoms with E-state index in [0.29, 0.717) is 64.5 Å². The van der Waals surface area contributed by atoms with E-state index in [1.54, 1.807) is 12.1 Å². The number of aryl methyl sites for hydroxylation is 3. The first-order valence-corrected chi connectivity index (χ1v) is 24.1. The summed E-state index contributed by atoms with van der Waals surface area (Å²) in [5.74, 6) is 1.49. The highest BCUT2D eigenvalue weighted by molar-refractivity contribution is 5.99. The minimum absolute atomic E-state index is 0.0487. The number of ether oxygens (including phenoxy) is 2. The first-order valence-electron chi connectivity index (χ1n) is 24.1. The molecular weight excluding hydrogens is 863 g/mol. The number of fused-ring (bicyclic) bond motifs is 4. The Bertz CT molecular complexity index is 3300. The van der Waals surface area contributed by atoms with Gasteiger partial charge in [0.15, 0.2) is 5.69 Å². The molecular formula is C63H55N3O4. The lowest BCUT2D eigenvalue weighted by Crippen LogP contribution is -2.27. The molecule has 0 saturated heterocycles. The Kier molecular flexibility index (Phi) is 12.5. The Hall–Kier alpha value is -8.47. The van der Waals surface area contributed by atoms with Crippen LogP contribution in [0.15, 0.2) is 158 Å². The standard InChI is InChI=1S/C63H55N3O4/c1-7-48(69-60-31-25-40(3)33-50(60)52-35-42(5)36-58(62(52)67)65-54-21-13-9-17-43(54)27-28-44-18-10-14-22-55(44)65)39-49(8-2)70-61-32-26-41(4)34-51(61)53-37-47(64-6)38-59(63(53)68)66-56-23-15-11-19-45(56)29-30-46-20-12-16-24-57(46)66/h9-38,48-49,67-68H,7-8,39H2,1-5H3/t48-,49+/m0/s1. The summed E-state index contributed by atoms with van der Waals surface area (Å²) in [6, 6.07) is 52.5. The number of hydrogen-bond acceptors (Lipinski definition) is 6. The van der Waals surface area contributed by atoms with Crippen LogP contribution in [0.5, 0.6) is 23.0 Å². The molecule has 70 heavy (non-hydrogen) atoms. The van der Waals surface area contributed by atoms with Gasteiger partial charge in [-0.15, -0.1) is 0 Å². The molecule has 2 N–H and O–H groups in total. The van der Waals surface area contributed by atoms with Gasteiger partial charge in [0.05, 0.1) is 40.7 Å². The summed E-state index contributed by atoms with van der Waals surface area (Å²) in [5, 5.41) is 25.0. The fraction of sp³-hybridized carbons (Fsp3) is 0.159. The van der Waals surface area contributed by atoms with E-state index >= 15 is 0 Å². The Morgan fingerprint density at radius 1 is 0.443 bits per heavy atom. The van der Waals surface area contributed by atoms with E-state index in [1.807, 2.05) is 109 Å². The third-order valence-corrected chi connectivity index (χ3v) is 13.4. The minimum Gasteiger partial charge on any atom is -0.505 e. The van der Waals surface area contributed by atoms with Gasteiger partial charge in [-0.1, -0.05) is 134 Å². The summed E-state index contributed by atoms with van der Waals surface area (Å²) in [5.41, 5.74) is 15.2. The molecule has 0 radical (unpaired) electrons. The molecule has 0 bridgehead atoms. The van der Waals surface area contributed by atoms with Gasteiger partial charge in [0, 0.05) is 28.7 Å². The second-order valence-corrected chi connectivity index (χ2v) is 18.3. The van der Waals surface area contributed by atoms with Crippen molar-refractivity contribution in [2.45, 2.75) is 66.1 Å². The maximum Gasteiger partial charge on any atom is 0.190 e. The molecule has 2 atom stereocenters. The first kappa shape index (κ1) is 45.3. The molecule has 0 aromatic heterocycles. The molecule has 7 heteroatoms. The molecule has 2 heterocycles. The van der Waals surface area contributed by atoms with E-state index in [1.165, 1.54) is 0 Å². The van der Waals surface area contributed by atoms with Crippen LogP contribution in [-0.2, 0) is 0 Å². The summed E-state index contributed by atoms with van der Waals surface area (Å²) in [6.07, 6.45) is 9.90. The van der Waals surface area contributed by atoms with Crippen LogP contribution in [0.3, 0.4) is 0 Å². The van der Waals surface area contributed by atoms with Crippen LogP contribution in [0.2, 0.25) is 0 Å². The normalized spacial score (nSPS) is 13.2. The number of aromatic hydroxyl groups is 2. The van der Waals surface area contributed by atoms with Crippen molar-refractivity contribution in [3.05, 3.63) is 208 Å². The van der Waals surface area contributed by atoms with Crippen molar-refractivity contribution in [2.24, 2.45) is 0 Å². The second kappa shape index (κ2) is 19.3. The first-order chi connectivity index (χ1) is 34.1. The van der Waals surface area contributed by atoms with Gasteiger partial charge < -0.3 is 29.5 Å². The van der Waals surface area contributed by atoms with E-state index in [2.05, 4.69) is 110 Å². The van der Waals surface area contributed by atoms with Gasteiger partial charge in [0.1, 0.15) is 35.2 Å². The fourth-order valence-corrected chi connectivity index (χ4v) is 9.81. The molecule has 10 rings (SSSR count). The lowest BCUT2D eigenvalue weighted by molar-refractivity contribution is 0.106. The summed E-state index contributed by atoms with van der Waals surface area (Å²) >= 11 is 0. The van der Waals surface area contributed by atoms with Gasteiger partial charge in [-0.25, -0.2) is 4.85 Å². The van der Waals surface area contributed by atoms with E-state index < -0.39 is 0 Å². The Balaban J connectivity index is 0.980. The Morgan fingerprint density at radius 2 is 0.814 bits per heavy atom. The summed E-state index contributed by atoms with van der Waals surface area (Å²) in [4.78, 5) is 8.13. The predicted molar refractivity (Wildman–Crippen MR) is 289 cm³/mol. The zero-order chi connectivity index (χ0) is 48.5. The van der Waals surface area contributed by atoms with Gasteiger partial charge >= 0.3 is 0 Å². The second-order valence-electron chi connectivity index (χ2n) is 18.3.